The molecule has 0 rings (SSSR count). The zero-order valence-electron chi connectivity index (χ0n) is 21.0. The van der Waals surface area contributed by atoms with Crippen molar-refractivity contribution in [3.05, 3.63) is 12.2 Å². The summed E-state index contributed by atoms with van der Waals surface area (Å²) >= 11 is 0. The van der Waals surface area contributed by atoms with E-state index in [1.807, 2.05) is 26.8 Å². The lowest BCUT2D eigenvalue weighted by molar-refractivity contribution is -0.130. The molecular formula is C23H48O5Si2. The van der Waals surface area contributed by atoms with Gasteiger partial charge in [0, 0.05) is 31.9 Å². The molecule has 5 nitrogen and oxygen atoms in total. The van der Waals surface area contributed by atoms with E-state index < -0.39 is 17.1 Å². The fraction of sp³-hybridized carbons (Fsp3) is 0.870. The van der Waals surface area contributed by atoms with Crippen molar-refractivity contribution in [2.45, 2.75) is 111 Å². The standard InChI is InChI=1S/C23H48O5Si2/c1-9-25-30(26-10-2,27-11-3)21-19-17-15-13-12-14-16-18-20-22(24)28-29(7,8)23(4,5)6/h18,20H,9-17,19,21H2,1-8H3. The Balaban J connectivity index is 3.97. The summed E-state index contributed by atoms with van der Waals surface area (Å²) in [6.45, 7) is 18.6. The van der Waals surface area contributed by atoms with Crippen LogP contribution >= 0.6 is 0 Å². The third-order valence-electron chi connectivity index (χ3n) is 5.61. The van der Waals surface area contributed by atoms with Crippen molar-refractivity contribution in [1.29, 1.82) is 0 Å². The van der Waals surface area contributed by atoms with Gasteiger partial charge in [-0.25, -0.2) is 4.79 Å². The first-order chi connectivity index (χ1) is 14.0. The SMILES string of the molecule is CCO[Si](CCCCCCCCC=CC(=O)O[Si](C)(C)C(C)(C)C)(OCC)OCC. The molecule has 0 saturated heterocycles. The van der Waals surface area contributed by atoms with Crippen LogP contribution in [-0.4, -0.2) is 42.9 Å². The van der Waals surface area contributed by atoms with Crippen LogP contribution in [0, 0.1) is 0 Å². The van der Waals surface area contributed by atoms with Crippen LogP contribution in [0.5, 0.6) is 0 Å². The van der Waals surface area contributed by atoms with Gasteiger partial charge in [0.1, 0.15) is 0 Å². The first-order valence-electron chi connectivity index (χ1n) is 11.8. The van der Waals surface area contributed by atoms with E-state index in [1.54, 1.807) is 6.08 Å². The van der Waals surface area contributed by atoms with Crippen LogP contribution in [0.4, 0.5) is 0 Å². The molecule has 0 aromatic rings. The van der Waals surface area contributed by atoms with Crippen LogP contribution in [0.3, 0.4) is 0 Å². The summed E-state index contributed by atoms with van der Waals surface area (Å²) in [5.74, 6) is -0.188. The van der Waals surface area contributed by atoms with E-state index in [9.17, 15) is 4.79 Å². The average molecular weight is 461 g/mol. The molecule has 0 aliphatic carbocycles. The van der Waals surface area contributed by atoms with Crippen LogP contribution in [0.15, 0.2) is 12.2 Å². The highest BCUT2D eigenvalue weighted by atomic mass is 28.4. The number of allylic oxidation sites excluding steroid dienone is 1. The van der Waals surface area contributed by atoms with E-state index in [2.05, 4.69) is 33.9 Å². The zero-order chi connectivity index (χ0) is 23.1. The Morgan fingerprint density at radius 1 is 0.800 bits per heavy atom. The molecule has 0 N–H and O–H groups in total. The average Bonchev–Trinajstić information content (AvgIpc) is 2.62. The van der Waals surface area contributed by atoms with Gasteiger partial charge in [0.2, 0.25) is 0 Å². The van der Waals surface area contributed by atoms with Gasteiger partial charge in [-0.2, -0.15) is 0 Å². The van der Waals surface area contributed by atoms with Gasteiger partial charge in [0.05, 0.1) is 0 Å². The summed E-state index contributed by atoms with van der Waals surface area (Å²) in [7, 11) is -4.49. The number of hydrogen-bond donors (Lipinski definition) is 0. The van der Waals surface area contributed by atoms with Gasteiger partial charge >= 0.3 is 14.8 Å². The molecule has 0 aromatic heterocycles. The summed E-state index contributed by atoms with van der Waals surface area (Å²) in [4.78, 5) is 12.0. The van der Waals surface area contributed by atoms with Crippen LogP contribution in [0.2, 0.25) is 24.2 Å². The molecule has 0 unspecified atom stereocenters. The lowest BCUT2D eigenvalue weighted by atomic mass is 10.1. The Morgan fingerprint density at radius 3 is 1.73 bits per heavy atom. The first-order valence-corrected chi connectivity index (χ1v) is 16.7. The molecular weight excluding hydrogens is 412 g/mol. The van der Waals surface area contributed by atoms with Crippen LogP contribution in [0.25, 0.3) is 0 Å². The molecule has 0 atom stereocenters. The van der Waals surface area contributed by atoms with Crippen LogP contribution < -0.4 is 0 Å². The van der Waals surface area contributed by atoms with E-state index in [0.717, 1.165) is 25.3 Å². The maximum atomic E-state index is 12.0. The summed E-state index contributed by atoms with van der Waals surface area (Å²) in [5, 5.41) is 0.0483. The predicted molar refractivity (Wildman–Crippen MR) is 130 cm³/mol. The quantitative estimate of drug-likeness (QED) is 0.135. The smallest absolute Gasteiger partial charge is 0.500 e. The molecule has 30 heavy (non-hydrogen) atoms. The largest absolute Gasteiger partial charge is 0.516 e. The van der Waals surface area contributed by atoms with Gasteiger partial charge in [0.25, 0.3) is 8.32 Å². The Bertz CT molecular complexity index is 469. The van der Waals surface area contributed by atoms with Gasteiger partial charge in [0.15, 0.2) is 0 Å². The van der Waals surface area contributed by atoms with E-state index in [-0.39, 0.29) is 11.0 Å². The predicted octanol–water partition coefficient (Wildman–Crippen LogP) is 6.87. The van der Waals surface area contributed by atoms with Crippen LogP contribution in [-0.2, 0) is 22.5 Å². The van der Waals surface area contributed by atoms with Gasteiger partial charge in [-0.15, -0.1) is 0 Å². The molecule has 0 bridgehead atoms. The summed E-state index contributed by atoms with van der Waals surface area (Å²) in [6.07, 6.45) is 11.5. The number of rotatable bonds is 17. The highest BCUT2D eigenvalue weighted by molar-refractivity contribution is 6.75. The molecule has 0 heterocycles. The monoisotopic (exact) mass is 460 g/mol. The van der Waals surface area contributed by atoms with Gasteiger partial charge < -0.3 is 17.7 Å². The van der Waals surface area contributed by atoms with Crippen molar-refractivity contribution in [2.24, 2.45) is 0 Å². The molecule has 0 spiro atoms. The summed E-state index contributed by atoms with van der Waals surface area (Å²) < 4.78 is 23.4. The highest BCUT2D eigenvalue weighted by Crippen LogP contribution is 2.36. The number of unbranched alkanes of at least 4 members (excludes halogenated alkanes) is 6. The number of carbonyl (C=O) groups excluding carboxylic acids is 1. The molecule has 0 aliphatic rings. The fourth-order valence-electron chi connectivity index (χ4n) is 2.93. The van der Waals surface area contributed by atoms with Crippen molar-refractivity contribution < 1.29 is 22.5 Å². The number of hydrogen-bond acceptors (Lipinski definition) is 5. The molecule has 7 heteroatoms. The maximum absolute atomic E-state index is 12.0. The fourth-order valence-corrected chi connectivity index (χ4v) is 6.49. The van der Waals surface area contributed by atoms with E-state index in [4.69, 9.17) is 17.7 Å². The third-order valence-corrected chi connectivity index (χ3v) is 13.1. The lowest BCUT2D eigenvalue weighted by Gasteiger charge is -2.34. The Morgan fingerprint density at radius 2 is 1.27 bits per heavy atom. The minimum atomic E-state index is -2.47. The number of carbonyl (C=O) groups is 1. The van der Waals surface area contributed by atoms with Crippen LogP contribution in [0.1, 0.15) is 86.5 Å². The molecule has 178 valence electrons. The third kappa shape index (κ3) is 12.4. The molecule has 0 radical (unpaired) electrons. The highest BCUT2D eigenvalue weighted by Gasteiger charge is 2.40. The van der Waals surface area contributed by atoms with E-state index >= 15 is 0 Å². The Labute approximate surface area is 188 Å². The molecule has 0 aromatic carbocycles. The minimum absolute atomic E-state index is 0.0483. The minimum Gasteiger partial charge on any atom is -0.516 e. The second kappa shape index (κ2) is 15.3. The van der Waals surface area contributed by atoms with E-state index in [0.29, 0.717) is 19.8 Å². The molecule has 0 fully saturated rings. The van der Waals surface area contributed by atoms with Gasteiger partial charge in [-0.3, -0.25) is 0 Å². The molecule has 0 saturated carbocycles. The zero-order valence-corrected chi connectivity index (χ0v) is 23.0. The molecule has 0 aliphatic heterocycles. The van der Waals surface area contributed by atoms with Crippen molar-refractivity contribution in [3.8, 4) is 0 Å². The van der Waals surface area contributed by atoms with Crippen molar-refractivity contribution in [1.82, 2.24) is 0 Å². The van der Waals surface area contributed by atoms with Gasteiger partial charge in [-0.1, -0.05) is 52.5 Å². The van der Waals surface area contributed by atoms with E-state index in [1.165, 1.54) is 25.7 Å². The van der Waals surface area contributed by atoms with Crippen molar-refractivity contribution >= 4 is 23.1 Å². The maximum Gasteiger partial charge on any atom is 0.500 e. The Hall–Kier alpha value is -0.476. The lowest BCUT2D eigenvalue weighted by Crippen LogP contribution is -2.45. The Kier molecular flexibility index (Phi) is 15.1. The second-order valence-corrected chi connectivity index (χ2v) is 16.7. The topological polar surface area (TPSA) is 54.0 Å². The van der Waals surface area contributed by atoms with Crippen molar-refractivity contribution in [2.75, 3.05) is 19.8 Å². The normalized spacial score (nSPS) is 13.2. The summed E-state index contributed by atoms with van der Waals surface area (Å²) in [5.41, 5.74) is 0. The summed E-state index contributed by atoms with van der Waals surface area (Å²) in [6, 6.07) is 0.904. The van der Waals surface area contributed by atoms with Gasteiger partial charge in [-0.05, 0) is 58.2 Å². The van der Waals surface area contributed by atoms with Crippen molar-refractivity contribution in [3.63, 3.8) is 0 Å². The molecule has 0 amide bonds. The second-order valence-electron chi connectivity index (χ2n) is 9.23. The first kappa shape index (κ1) is 29.5.